The van der Waals surface area contributed by atoms with Crippen molar-refractivity contribution in [3.63, 3.8) is 0 Å². The minimum absolute atomic E-state index is 0.120. The normalized spacial score (nSPS) is 14.8. The molecule has 16 heavy (non-hydrogen) atoms. The van der Waals surface area contributed by atoms with Crippen LogP contribution in [0.1, 0.15) is 12.0 Å². The Bertz CT molecular complexity index is 438. The largest absolute Gasteiger partial charge is 0.308 e. The number of carbonyl (C=O) groups is 1. The van der Waals surface area contributed by atoms with E-state index in [-0.39, 0.29) is 17.6 Å². The molecule has 1 heterocycles. The van der Waals surface area contributed by atoms with E-state index in [1.807, 2.05) is 0 Å². The quantitative estimate of drug-likeness (QED) is 0.730. The lowest BCUT2D eigenvalue weighted by atomic mass is 10.0. The van der Waals surface area contributed by atoms with Crippen molar-refractivity contribution in [3.05, 3.63) is 28.0 Å². The van der Waals surface area contributed by atoms with Gasteiger partial charge in [0, 0.05) is 11.0 Å². The number of halogens is 3. The second kappa shape index (κ2) is 4.72. The number of alkyl halides is 1. The van der Waals surface area contributed by atoms with Gasteiger partial charge in [-0.05, 0) is 30.5 Å². The van der Waals surface area contributed by atoms with Crippen LogP contribution in [0.15, 0.2) is 16.6 Å². The van der Waals surface area contributed by atoms with Crippen molar-refractivity contribution in [2.24, 2.45) is 0 Å². The van der Waals surface area contributed by atoms with Crippen LogP contribution in [0, 0.1) is 5.82 Å². The molecule has 0 radical (unpaired) electrons. The molecule has 1 amide bonds. The van der Waals surface area contributed by atoms with Gasteiger partial charge in [-0.2, -0.15) is 0 Å². The van der Waals surface area contributed by atoms with E-state index in [1.54, 1.807) is 6.07 Å². The maximum absolute atomic E-state index is 13.7. The molecule has 0 saturated carbocycles. The highest BCUT2D eigenvalue weighted by Gasteiger charge is 2.26. The summed E-state index contributed by atoms with van der Waals surface area (Å²) >= 11 is 8.90. The Balaban J connectivity index is 2.53. The van der Waals surface area contributed by atoms with Crippen molar-refractivity contribution in [2.75, 3.05) is 17.3 Å². The van der Waals surface area contributed by atoms with Gasteiger partial charge in [0.15, 0.2) is 0 Å². The fraction of sp³-hybridized carbons (Fsp3) is 0.364. The van der Waals surface area contributed by atoms with E-state index in [9.17, 15) is 9.18 Å². The number of anilines is 1. The average Bonchev–Trinajstić information content (AvgIpc) is 2.32. The standard InChI is InChI=1S/C11H10BrClFNO/c12-8-3-4-9(14)11-7(8)2-1-5-15(11)10(16)6-13/h3-4H,1-2,5-6H2. The van der Waals surface area contributed by atoms with Gasteiger partial charge in [-0.25, -0.2) is 4.39 Å². The van der Waals surface area contributed by atoms with Crippen molar-refractivity contribution in [1.82, 2.24) is 0 Å². The van der Waals surface area contributed by atoms with Crippen LogP contribution in [0.5, 0.6) is 0 Å². The number of nitrogens with zero attached hydrogens (tertiary/aromatic N) is 1. The van der Waals surface area contributed by atoms with Crippen molar-refractivity contribution < 1.29 is 9.18 Å². The van der Waals surface area contributed by atoms with E-state index in [1.165, 1.54) is 11.0 Å². The average molecular weight is 307 g/mol. The van der Waals surface area contributed by atoms with E-state index < -0.39 is 0 Å². The summed E-state index contributed by atoms with van der Waals surface area (Å²) in [6.07, 6.45) is 1.61. The van der Waals surface area contributed by atoms with Crippen LogP contribution in [0.2, 0.25) is 0 Å². The third-order valence-electron chi connectivity index (χ3n) is 2.67. The topological polar surface area (TPSA) is 20.3 Å². The molecule has 5 heteroatoms. The van der Waals surface area contributed by atoms with Crippen LogP contribution < -0.4 is 4.90 Å². The Hall–Kier alpha value is -0.610. The van der Waals surface area contributed by atoms with E-state index in [0.29, 0.717) is 12.2 Å². The molecule has 0 bridgehead atoms. The second-order valence-electron chi connectivity index (χ2n) is 3.64. The number of amides is 1. The van der Waals surface area contributed by atoms with Crippen molar-refractivity contribution in [3.8, 4) is 0 Å². The zero-order chi connectivity index (χ0) is 11.7. The smallest absolute Gasteiger partial charge is 0.241 e. The monoisotopic (exact) mass is 305 g/mol. The fourth-order valence-electron chi connectivity index (χ4n) is 1.96. The van der Waals surface area contributed by atoms with Crippen LogP contribution >= 0.6 is 27.5 Å². The summed E-state index contributed by atoms with van der Waals surface area (Å²) in [6.45, 7) is 0.534. The molecule has 0 saturated heterocycles. The Morgan fingerprint density at radius 3 is 3.00 bits per heavy atom. The molecule has 2 rings (SSSR count). The minimum atomic E-state index is -0.364. The van der Waals surface area contributed by atoms with E-state index >= 15 is 0 Å². The predicted octanol–water partition coefficient (Wildman–Crippen LogP) is 3.11. The first kappa shape index (κ1) is 11.9. The number of rotatable bonds is 1. The lowest BCUT2D eigenvalue weighted by molar-refractivity contribution is -0.116. The summed E-state index contributed by atoms with van der Waals surface area (Å²) in [5.41, 5.74) is 1.23. The Labute approximate surface area is 107 Å². The summed E-state index contributed by atoms with van der Waals surface area (Å²) < 4.78 is 14.6. The summed E-state index contributed by atoms with van der Waals surface area (Å²) in [5.74, 6) is -0.734. The van der Waals surface area contributed by atoms with Crippen molar-refractivity contribution >= 4 is 39.1 Å². The number of hydrogen-bond donors (Lipinski definition) is 0. The molecule has 0 fully saturated rings. The van der Waals surface area contributed by atoms with Gasteiger partial charge < -0.3 is 4.90 Å². The molecule has 1 aromatic carbocycles. The number of fused-ring (bicyclic) bond motifs is 1. The van der Waals surface area contributed by atoms with E-state index in [0.717, 1.165) is 22.9 Å². The number of carbonyl (C=O) groups excluding carboxylic acids is 1. The van der Waals surface area contributed by atoms with Crippen molar-refractivity contribution in [1.29, 1.82) is 0 Å². The van der Waals surface area contributed by atoms with Crippen LogP contribution in [-0.4, -0.2) is 18.3 Å². The third-order valence-corrected chi connectivity index (χ3v) is 3.64. The van der Waals surface area contributed by atoms with Gasteiger partial charge in [-0.1, -0.05) is 15.9 Å². The molecular formula is C11H10BrClFNO. The predicted molar refractivity (Wildman–Crippen MR) is 65.5 cm³/mol. The molecule has 86 valence electrons. The maximum atomic E-state index is 13.7. The molecule has 0 aromatic heterocycles. The molecule has 0 aliphatic carbocycles. The van der Waals surface area contributed by atoms with Gasteiger partial charge in [0.2, 0.25) is 5.91 Å². The first-order valence-corrected chi connectivity index (χ1v) is 6.31. The molecule has 1 aromatic rings. The first-order chi connectivity index (χ1) is 7.65. The van der Waals surface area contributed by atoms with E-state index in [4.69, 9.17) is 11.6 Å². The Kier molecular flexibility index (Phi) is 3.50. The van der Waals surface area contributed by atoms with Crippen molar-refractivity contribution in [2.45, 2.75) is 12.8 Å². The lowest BCUT2D eigenvalue weighted by Gasteiger charge is -2.30. The van der Waals surface area contributed by atoms with E-state index in [2.05, 4.69) is 15.9 Å². The highest BCUT2D eigenvalue weighted by molar-refractivity contribution is 9.10. The molecule has 1 aliphatic heterocycles. The van der Waals surface area contributed by atoms with Crippen LogP contribution in [0.25, 0.3) is 0 Å². The van der Waals surface area contributed by atoms with Gasteiger partial charge in [0.1, 0.15) is 11.7 Å². The lowest BCUT2D eigenvalue weighted by Crippen LogP contribution is -2.37. The summed E-state index contributed by atoms with van der Waals surface area (Å²) in [6, 6.07) is 3.03. The van der Waals surface area contributed by atoms with Gasteiger partial charge in [0.05, 0.1) is 5.69 Å². The minimum Gasteiger partial charge on any atom is -0.308 e. The van der Waals surface area contributed by atoms with Crippen LogP contribution in [0.4, 0.5) is 10.1 Å². The maximum Gasteiger partial charge on any atom is 0.241 e. The summed E-state index contributed by atoms with van der Waals surface area (Å²) in [4.78, 5) is 13.0. The molecule has 1 aliphatic rings. The molecule has 0 spiro atoms. The highest BCUT2D eigenvalue weighted by Crippen LogP contribution is 2.35. The second-order valence-corrected chi connectivity index (χ2v) is 4.76. The highest BCUT2D eigenvalue weighted by atomic mass is 79.9. The Morgan fingerprint density at radius 1 is 1.56 bits per heavy atom. The molecule has 0 unspecified atom stereocenters. The van der Waals surface area contributed by atoms with Gasteiger partial charge in [-0.15, -0.1) is 11.6 Å². The molecular weight excluding hydrogens is 296 g/mol. The molecule has 0 atom stereocenters. The fourth-order valence-corrected chi connectivity index (χ4v) is 2.62. The van der Waals surface area contributed by atoms with Gasteiger partial charge in [0.25, 0.3) is 0 Å². The van der Waals surface area contributed by atoms with Crippen LogP contribution in [0.3, 0.4) is 0 Å². The third kappa shape index (κ3) is 1.96. The first-order valence-electron chi connectivity index (χ1n) is 4.98. The van der Waals surface area contributed by atoms with Crippen LogP contribution in [-0.2, 0) is 11.2 Å². The zero-order valence-corrected chi connectivity index (χ0v) is 10.8. The molecule has 0 N–H and O–H groups in total. The van der Waals surface area contributed by atoms with Gasteiger partial charge >= 0.3 is 0 Å². The number of hydrogen-bond acceptors (Lipinski definition) is 1. The summed E-state index contributed by atoms with van der Waals surface area (Å²) in [5, 5.41) is 0. The number of benzene rings is 1. The zero-order valence-electron chi connectivity index (χ0n) is 8.47. The van der Waals surface area contributed by atoms with Gasteiger partial charge in [-0.3, -0.25) is 4.79 Å². The summed E-state index contributed by atoms with van der Waals surface area (Å²) in [7, 11) is 0. The SMILES string of the molecule is O=C(CCl)N1CCCc2c(Br)ccc(F)c21. The Morgan fingerprint density at radius 2 is 2.31 bits per heavy atom. The molecule has 2 nitrogen and oxygen atoms in total.